The quantitative estimate of drug-likeness (QED) is 0.613. The largest absolute Gasteiger partial charge is 0.474 e. The number of hydrogen-bond donors (Lipinski definition) is 1. The summed E-state index contributed by atoms with van der Waals surface area (Å²) in [7, 11) is 0. The van der Waals surface area contributed by atoms with E-state index in [-0.39, 0.29) is 5.75 Å². The second-order valence-electron chi connectivity index (χ2n) is 3.03. The average molecular weight is 228 g/mol. The number of rotatable bonds is 4. The molecule has 86 valence electrons. The minimum atomic E-state index is -1.07. The normalized spacial score (nSPS) is 11.9. The molecule has 0 unspecified atom stereocenters. The molecule has 1 aromatic rings. The van der Waals surface area contributed by atoms with Gasteiger partial charge in [-0.25, -0.2) is 4.39 Å². The van der Waals surface area contributed by atoms with Crippen LogP contribution in [0.4, 0.5) is 10.1 Å². The molecule has 0 bridgehead atoms. The van der Waals surface area contributed by atoms with Crippen molar-refractivity contribution in [2.24, 2.45) is 5.73 Å². The van der Waals surface area contributed by atoms with Crippen LogP contribution in [-0.4, -0.2) is 16.9 Å². The summed E-state index contributed by atoms with van der Waals surface area (Å²) in [6.07, 6.45) is -1.07. The van der Waals surface area contributed by atoms with Gasteiger partial charge in [0.25, 0.3) is 5.91 Å². The molecule has 16 heavy (non-hydrogen) atoms. The molecule has 0 aromatic heterocycles. The number of nitrogens with zero attached hydrogens (tertiary/aromatic N) is 1. The highest BCUT2D eigenvalue weighted by Gasteiger charge is 2.20. The van der Waals surface area contributed by atoms with Crippen molar-refractivity contribution in [2.45, 2.75) is 13.0 Å². The van der Waals surface area contributed by atoms with E-state index in [1.54, 1.807) is 0 Å². The highest BCUT2D eigenvalue weighted by Crippen LogP contribution is 2.28. The highest BCUT2D eigenvalue weighted by atomic mass is 19.1. The van der Waals surface area contributed by atoms with Gasteiger partial charge in [-0.2, -0.15) is 0 Å². The van der Waals surface area contributed by atoms with Gasteiger partial charge in [-0.05, 0) is 13.0 Å². The Labute approximate surface area is 90.0 Å². The summed E-state index contributed by atoms with van der Waals surface area (Å²) < 4.78 is 17.7. The van der Waals surface area contributed by atoms with Gasteiger partial charge in [-0.15, -0.1) is 0 Å². The Balaban J connectivity index is 3.05. The number of ether oxygens (including phenoxy) is 1. The molecule has 6 nitrogen and oxygen atoms in total. The number of nitro benzene ring substituents is 1. The monoisotopic (exact) mass is 228 g/mol. The van der Waals surface area contributed by atoms with Crippen LogP contribution in [0.1, 0.15) is 6.92 Å². The van der Waals surface area contributed by atoms with Crippen molar-refractivity contribution in [2.75, 3.05) is 0 Å². The van der Waals surface area contributed by atoms with E-state index >= 15 is 0 Å². The van der Waals surface area contributed by atoms with Gasteiger partial charge in [0, 0.05) is 12.1 Å². The molecule has 1 aromatic carbocycles. The van der Waals surface area contributed by atoms with Crippen LogP contribution in [0.25, 0.3) is 0 Å². The first-order valence-corrected chi connectivity index (χ1v) is 4.31. The maximum absolute atomic E-state index is 12.8. The van der Waals surface area contributed by atoms with Crippen molar-refractivity contribution in [3.8, 4) is 5.75 Å². The summed E-state index contributed by atoms with van der Waals surface area (Å²) in [4.78, 5) is 20.5. The van der Waals surface area contributed by atoms with Crippen LogP contribution in [0.2, 0.25) is 0 Å². The summed E-state index contributed by atoms with van der Waals surface area (Å²) in [5.41, 5.74) is 4.50. The smallest absolute Gasteiger partial charge is 0.311 e. The van der Waals surface area contributed by atoms with E-state index in [9.17, 15) is 19.3 Å². The number of amides is 1. The van der Waals surface area contributed by atoms with Crippen molar-refractivity contribution >= 4 is 11.6 Å². The topological polar surface area (TPSA) is 95.5 Å². The number of hydrogen-bond acceptors (Lipinski definition) is 4. The zero-order valence-corrected chi connectivity index (χ0v) is 8.34. The van der Waals surface area contributed by atoms with Crippen LogP contribution >= 0.6 is 0 Å². The van der Waals surface area contributed by atoms with Gasteiger partial charge >= 0.3 is 5.69 Å². The van der Waals surface area contributed by atoms with Crippen LogP contribution in [-0.2, 0) is 4.79 Å². The lowest BCUT2D eigenvalue weighted by atomic mass is 10.3. The first-order valence-electron chi connectivity index (χ1n) is 4.31. The van der Waals surface area contributed by atoms with Crippen LogP contribution < -0.4 is 10.5 Å². The standard InChI is InChI=1S/C9H9FN2O4/c1-5(9(11)13)16-8-4-6(10)2-3-7(8)12(14)15/h2-5H,1H3,(H2,11,13)/t5-/m1/s1. The molecular weight excluding hydrogens is 219 g/mol. The van der Waals surface area contributed by atoms with Crippen molar-refractivity contribution in [3.05, 3.63) is 34.1 Å². The predicted molar refractivity (Wildman–Crippen MR) is 52.3 cm³/mol. The minimum Gasteiger partial charge on any atom is -0.474 e. The Bertz CT molecular complexity index is 436. The first-order chi connectivity index (χ1) is 7.41. The van der Waals surface area contributed by atoms with E-state index < -0.39 is 28.4 Å². The van der Waals surface area contributed by atoms with E-state index in [0.29, 0.717) is 0 Å². The molecule has 0 radical (unpaired) electrons. The lowest BCUT2D eigenvalue weighted by Gasteiger charge is -2.10. The van der Waals surface area contributed by atoms with Gasteiger partial charge in [-0.1, -0.05) is 0 Å². The lowest BCUT2D eigenvalue weighted by Crippen LogP contribution is -2.30. The Hall–Kier alpha value is -2.18. The summed E-state index contributed by atoms with van der Waals surface area (Å²) in [6, 6.07) is 2.72. The van der Waals surface area contributed by atoms with E-state index in [2.05, 4.69) is 0 Å². The number of nitro groups is 1. The van der Waals surface area contributed by atoms with Gasteiger partial charge < -0.3 is 10.5 Å². The fourth-order valence-electron chi connectivity index (χ4n) is 0.982. The molecule has 0 aliphatic carbocycles. The number of halogens is 1. The van der Waals surface area contributed by atoms with Crippen LogP contribution in [0, 0.1) is 15.9 Å². The molecule has 7 heteroatoms. The molecule has 1 rings (SSSR count). The fraction of sp³-hybridized carbons (Fsp3) is 0.222. The van der Waals surface area contributed by atoms with E-state index in [4.69, 9.17) is 10.5 Å². The second-order valence-corrected chi connectivity index (χ2v) is 3.03. The van der Waals surface area contributed by atoms with Crippen LogP contribution in [0.5, 0.6) is 5.75 Å². The number of nitrogens with two attached hydrogens (primary N) is 1. The van der Waals surface area contributed by atoms with Gasteiger partial charge in [-0.3, -0.25) is 14.9 Å². The maximum atomic E-state index is 12.8. The van der Waals surface area contributed by atoms with Crippen molar-refractivity contribution in [3.63, 3.8) is 0 Å². The van der Waals surface area contributed by atoms with Crippen molar-refractivity contribution in [1.29, 1.82) is 0 Å². The van der Waals surface area contributed by atoms with E-state index in [0.717, 1.165) is 18.2 Å². The molecule has 0 saturated carbocycles. The maximum Gasteiger partial charge on any atom is 0.311 e. The predicted octanol–water partition coefficient (Wildman–Crippen LogP) is 0.987. The highest BCUT2D eigenvalue weighted by molar-refractivity contribution is 5.78. The molecule has 0 heterocycles. The Morgan fingerprint density at radius 3 is 2.75 bits per heavy atom. The Morgan fingerprint density at radius 1 is 1.62 bits per heavy atom. The van der Waals surface area contributed by atoms with E-state index in [1.807, 2.05) is 0 Å². The molecule has 0 saturated heterocycles. The van der Waals surface area contributed by atoms with Crippen molar-refractivity contribution in [1.82, 2.24) is 0 Å². The van der Waals surface area contributed by atoms with Gasteiger partial charge in [0.1, 0.15) is 5.82 Å². The zero-order chi connectivity index (χ0) is 12.3. The third-order valence-corrected chi connectivity index (χ3v) is 1.82. The third kappa shape index (κ3) is 2.66. The minimum absolute atomic E-state index is 0.323. The van der Waals surface area contributed by atoms with Crippen LogP contribution in [0.15, 0.2) is 18.2 Å². The second kappa shape index (κ2) is 4.56. The summed E-state index contributed by atoms with van der Waals surface area (Å²) in [5.74, 6) is -1.81. The van der Waals surface area contributed by atoms with Gasteiger partial charge in [0.2, 0.25) is 5.75 Å². The Kier molecular flexibility index (Phi) is 3.39. The van der Waals surface area contributed by atoms with Gasteiger partial charge in [0.15, 0.2) is 6.10 Å². The third-order valence-electron chi connectivity index (χ3n) is 1.82. The summed E-state index contributed by atoms with van der Waals surface area (Å²) >= 11 is 0. The zero-order valence-electron chi connectivity index (χ0n) is 8.34. The van der Waals surface area contributed by atoms with Gasteiger partial charge in [0.05, 0.1) is 4.92 Å². The molecular formula is C9H9FN2O4. The number of carbonyl (C=O) groups excluding carboxylic acids is 1. The lowest BCUT2D eigenvalue weighted by molar-refractivity contribution is -0.386. The first kappa shape index (κ1) is 11.9. The molecule has 0 spiro atoms. The molecule has 0 fully saturated rings. The molecule has 0 aliphatic heterocycles. The SMILES string of the molecule is C[C@@H](Oc1cc(F)ccc1[N+](=O)[O-])C(N)=O. The fourth-order valence-corrected chi connectivity index (χ4v) is 0.982. The molecule has 1 atom stereocenters. The number of carbonyl (C=O) groups is 1. The van der Waals surface area contributed by atoms with E-state index in [1.165, 1.54) is 6.92 Å². The molecule has 1 amide bonds. The Morgan fingerprint density at radius 2 is 2.25 bits per heavy atom. The number of benzene rings is 1. The molecule has 2 N–H and O–H groups in total. The average Bonchev–Trinajstić information content (AvgIpc) is 2.16. The summed E-state index contributed by atoms with van der Waals surface area (Å²) in [6.45, 7) is 1.32. The van der Waals surface area contributed by atoms with Crippen LogP contribution in [0.3, 0.4) is 0 Å². The molecule has 0 aliphatic rings. The number of primary amides is 1. The van der Waals surface area contributed by atoms with Crippen molar-refractivity contribution < 1.29 is 18.8 Å². The summed E-state index contributed by atoms with van der Waals surface area (Å²) in [5, 5.41) is 10.6.